The molecule has 5 nitrogen and oxygen atoms in total. The number of hydrogen-bond donors (Lipinski definition) is 2. The van der Waals surface area contributed by atoms with Crippen LogP contribution in [0.15, 0.2) is 0 Å². The van der Waals surface area contributed by atoms with Crippen molar-refractivity contribution in [2.24, 2.45) is 7.05 Å². The molecule has 0 aliphatic rings. The lowest BCUT2D eigenvalue weighted by Gasteiger charge is -2.06. The van der Waals surface area contributed by atoms with E-state index in [1.807, 2.05) is 25.6 Å². The SMILES string of the molecule is CCCNCCNC(=O)CCc1c(C)nn(C)c1C.Cl.Cl. The second-order valence-corrected chi connectivity index (χ2v) is 4.87. The van der Waals surface area contributed by atoms with Crippen molar-refractivity contribution in [2.45, 2.75) is 40.0 Å². The first-order valence-electron chi connectivity index (χ1n) is 7.02. The van der Waals surface area contributed by atoms with Gasteiger partial charge < -0.3 is 10.6 Å². The summed E-state index contributed by atoms with van der Waals surface area (Å²) >= 11 is 0. The van der Waals surface area contributed by atoms with Gasteiger partial charge in [-0.1, -0.05) is 6.92 Å². The van der Waals surface area contributed by atoms with Crippen molar-refractivity contribution in [1.82, 2.24) is 20.4 Å². The van der Waals surface area contributed by atoms with E-state index in [4.69, 9.17) is 0 Å². The Morgan fingerprint density at radius 1 is 1.19 bits per heavy atom. The van der Waals surface area contributed by atoms with Crippen molar-refractivity contribution >= 4 is 30.7 Å². The Balaban J connectivity index is 0. The minimum atomic E-state index is 0. The van der Waals surface area contributed by atoms with Crippen LogP contribution in [0.2, 0.25) is 0 Å². The van der Waals surface area contributed by atoms with Crippen molar-refractivity contribution < 1.29 is 4.79 Å². The maximum Gasteiger partial charge on any atom is 0.220 e. The molecule has 7 heteroatoms. The van der Waals surface area contributed by atoms with Gasteiger partial charge in [-0.25, -0.2) is 0 Å². The van der Waals surface area contributed by atoms with Crippen LogP contribution in [0.4, 0.5) is 0 Å². The average molecular weight is 339 g/mol. The van der Waals surface area contributed by atoms with E-state index in [1.54, 1.807) is 0 Å². The Kier molecular flexibility index (Phi) is 12.7. The van der Waals surface area contributed by atoms with Crippen LogP contribution in [0.1, 0.15) is 36.7 Å². The number of amides is 1. The molecule has 0 aliphatic heterocycles. The molecular weight excluding hydrogens is 311 g/mol. The van der Waals surface area contributed by atoms with Gasteiger partial charge in [-0.15, -0.1) is 24.8 Å². The fraction of sp³-hybridized carbons (Fsp3) is 0.714. The maximum atomic E-state index is 11.7. The van der Waals surface area contributed by atoms with Crippen LogP contribution >= 0.6 is 24.8 Å². The second-order valence-electron chi connectivity index (χ2n) is 4.87. The summed E-state index contributed by atoms with van der Waals surface area (Å²) in [5, 5.41) is 10.5. The van der Waals surface area contributed by atoms with Gasteiger partial charge in [0.25, 0.3) is 0 Å². The molecule has 1 heterocycles. The first kappa shape index (κ1) is 22.5. The molecule has 0 bridgehead atoms. The third-order valence-corrected chi connectivity index (χ3v) is 3.31. The first-order chi connectivity index (χ1) is 9.06. The topological polar surface area (TPSA) is 58.9 Å². The number of rotatable bonds is 8. The Morgan fingerprint density at radius 2 is 1.86 bits per heavy atom. The Bertz CT molecular complexity index is 421. The summed E-state index contributed by atoms with van der Waals surface area (Å²) in [5.41, 5.74) is 3.37. The van der Waals surface area contributed by atoms with E-state index < -0.39 is 0 Å². The molecular formula is C14H28Cl2N4O. The van der Waals surface area contributed by atoms with Crippen LogP contribution in [-0.2, 0) is 18.3 Å². The van der Waals surface area contributed by atoms with E-state index in [0.29, 0.717) is 13.0 Å². The lowest BCUT2D eigenvalue weighted by molar-refractivity contribution is -0.121. The standard InChI is InChI=1S/C14H26N4O.2ClH/c1-5-8-15-9-10-16-14(19)7-6-13-11(2)17-18(4)12(13)3;;/h15H,5-10H2,1-4H3,(H,16,19);2*1H. The van der Waals surface area contributed by atoms with E-state index in [-0.39, 0.29) is 30.7 Å². The van der Waals surface area contributed by atoms with Crippen LogP contribution in [-0.4, -0.2) is 35.3 Å². The first-order valence-corrected chi connectivity index (χ1v) is 7.02. The van der Waals surface area contributed by atoms with Crippen molar-refractivity contribution in [3.05, 3.63) is 17.0 Å². The maximum absolute atomic E-state index is 11.7. The third-order valence-electron chi connectivity index (χ3n) is 3.31. The van der Waals surface area contributed by atoms with Crippen molar-refractivity contribution in [2.75, 3.05) is 19.6 Å². The van der Waals surface area contributed by atoms with Gasteiger partial charge >= 0.3 is 0 Å². The van der Waals surface area contributed by atoms with E-state index in [0.717, 1.165) is 37.3 Å². The summed E-state index contributed by atoms with van der Waals surface area (Å²) in [7, 11) is 1.94. The number of halogens is 2. The highest BCUT2D eigenvalue weighted by atomic mass is 35.5. The van der Waals surface area contributed by atoms with Crippen LogP contribution in [0.25, 0.3) is 0 Å². The zero-order chi connectivity index (χ0) is 14.3. The number of nitrogens with zero attached hydrogens (tertiary/aromatic N) is 2. The largest absolute Gasteiger partial charge is 0.355 e. The van der Waals surface area contributed by atoms with Gasteiger partial charge in [-0.3, -0.25) is 9.48 Å². The number of nitrogens with one attached hydrogen (secondary N) is 2. The Labute approximate surface area is 140 Å². The average Bonchev–Trinajstić information content (AvgIpc) is 2.61. The zero-order valence-electron chi connectivity index (χ0n) is 13.4. The van der Waals surface area contributed by atoms with E-state index in [1.165, 1.54) is 5.56 Å². The molecule has 0 unspecified atom stereocenters. The predicted molar refractivity (Wildman–Crippen MR) is 91.7 cm³/mol. The minimum Gasteiger partial charge on any atom is -0.355 e. The minimum absolute atomic E-state index is 0. The molecule has 0 atom stereocenters. The summed E-state index contributed by atoms with van der Waals surface area (Å²) < 4.78 is 1.87. The summed E-state index contributed by atoms with van der Waals surface area (Å²) in [6.07, 6.45) is 2.41. The Hall–Kier alpha value is -0.780. The quantitative estimate of drug-likeness (QED) is 0.712. The summed E-state index contributed by atoms with van der Waals surface area (Å²) in [4.78, 5) is 11.7. The molecule has 0 aromatic carbocycles. The fourth-order valence-corrected chi connectivity index (χ4v) is 2.10. The van der Waals surface area contributed by atoms with Gasteiger partial charge in [-0.05, 0) is 38.8 Å². The molecule has 0 fully saturated rings. The van der Waals surface area contributed by atoms with Crippen molar-refractivity contribution in [1.29, 1.82) is 0 Å². The molecule has 1 aromatic heterocycles. The second kappa shape index (κ2) is 11.8. The van der Waals surface area contributed by atoms with Crippen molar-refractivity contribution in [3.63, 3.8) is 0 Å². The predicted octanol–water partition coefficient (Wildman–Crippen LogP) is 1.93. The molecule has 2 N–H and O–H groups in total. The monoisotopic (exact) mass is 338 g/mol. The molecule has 0 saturated heterocycles. The molecule has 1 amide bonds. The van der Waals surface area contributed by atoms with Gasteiger partial charge in [0, 0.05) is 32.3 Å². The number of aryl methyl sites for hydroxylation is 2. The number of carbonyl (C=O) groups excluding carboxylic acids is 1. The molecule has 0 spiro atoms. The normalized spacial score (nSPS) is 9.71. The lowest BCUT2D eigenvalue weighted by Crippen LogP contribution is -2.32. The number of hydrogen-bond acceptors (Lipinski definition) is 3. The smallest absolute Gasteiger partial charge is 0.220 e. The molecule has 1 aromatic rings. The molecule has 0 radical (unpaired) electrons. The van der Waals surface area contributed by atoms with Gasteiger partial charge in [0.1, 0.15) is 0 Å². The van der Waals surface area contributed by atoms with Crippen LogP contribution in [0, 0.1) is 13.8 Å². The van der Waals surface area contributed by atoms with E-state index in [9.17, 15) is 4.79 Å². The molecule has 1 rings (SSSR count). The molecule has 124 valence electrons. The van der Waals surface area contributed by atoms with Gasteiger partial charge in [0.2, 0.25) is 5.91 Å². The van der Waals surface area contributed by atoms with Crippen molar-refractivity contribution in [3.8, 4) is 0 Å². The van der Waals surface area contributed by atoms with Gasteiger partial charge in [0.15, 0.2) is 0 Å². The van der Waals surface area contributed by atoms with Crippen LogP contribution in [0.3, 0.4) is 0 Å². The molecule has 21 heavy (non-hydrogen) atoms. The Morgan fingerprint density at radius 3 is 2.38 bits per heavy atom. The molecule has 0 saturated carbocycles. The van der Waals surface area contributed by atoms with Crippen LogP contribution < -0.4 is 10.6 Å². The van der Waals surface area contributed by atoms with E-state index >= 15 is 0 Å². The number of aromatic nitrogens is 2. The van der Waals surface area contributed by atoms with Gasteiger partial charge in [0.05, 0.1) is 5.69 Å². The zero-order valence-corrected chi connectivity index (χ0v) is 15.0. The fourth-order valence-electron chi connectivity index (χ4n) is 2.10. The van der Waals surface area contributed by atoms with Gasteiger partial charge in [-0.2, -0.15) is 5.10 Å². The summed E-state index contributed by atoms with van der Waals surface area (Å²) in [5.74, 6) is 0.112. The lowest BCUT2D eigenvalue weighted by atomic mass is 10.1. The highest BCUT2D eigenvalue weighted by Gasteiger charge is 2.10. The summed E-state index contributed by atoms with van der Waals surface area (Å²) in [6.45, 7) is 8.71. The summed E-state index contributed by atoms with van der Waals surface area (Å²) in [6, 6.07) is 0. The highest BCUT2D eigenvalue weighted by molar-refractivity contribution is 5.85. The highest BCUT2D eigenvalue weighted by Crippen LogP contribution is 2.13. The number of carbonyl (C=O) groups is 1. The molecule has 0 aliphatic carbocycles. The van der Waals surface area contributed by atoms with E-state index in [2.05, 4.69) is 22.7 Å². The van der Waals surface area contributed by atoms with Crippen LogP contribution in [0.5, 0.6) is 0 Å². The third kappa shape index (κ3) is 7.69.